The van der Waals surface area contributed by atoms with Gasteiger partial charge in [0.05, 0.1) is 0 Å². The fourth-order valence-corrected chi connectivity index (χ4v) is 2.29. The molecule has 2 aliphatic heterocycles. The third kappa shape index (κ3) is 2.58. The molecule has 2 fully saturated rings. The molecule has 0 aliphatic carbocycles. The Morgan fingerprint density at radius 1 is 1.12 bits per heavy atom. The van der Waals surface area contributed by atoms with Crippen LogP contribution in [0.2, 0.25) is 0 Å². The number of carbonyl (C=O) groups excluding carboxylic acids is 2. The van der Waals surface area contributed by atoms with Gasteiger partial charge in [0.1, 0.15) is 0 Å². The Kier molecular flexibility index (Phi) is 3.63. The summed E-state index contributed by atoms with van der Waals surface area (Å²) in [6, 6.07) is 0.442. The molecular weight excluding hydrogens is 220 g/mol. The van der Waals surface area contributed by atoms with Crippen molar-refractivity contribution in [3.8, 4) is 0 Å². The highest BCUT2D eigenvalue weighted by Gasteiger charge is 2.37. The zero-order valence-corrected chi connectivity index (χ0v) is 10.5. The molecular formula is C11H20N4O2. The summed E-state index contributed by atoms with van der Waals surface area (Å²) in [6.45, 7) is 5.66. The van der Waals surface area contributed by atoms with Crippen LogP contribution < -0.4 is 5.32 Å². The molecule has 0 aromatic rings. The Hall–Kier alpha value is -1.14. The minimum absolute atomic E-state index is 0.405. The van der Waals surface area contributed by atoms with Gasteiger partial charge in [0.25, 0.3) is 0 Å². The van der Waals surface area contributed by atoms with E-state index in [0.717, 1.165) is 26.2 Å². The molecule has 0 atom stereocenters. The Morgan fingerprint density at radius 2 is 1.71 bits per heavy atom. The zero-order valence-electron chi connectivity index (χ0n) is 10.5. The lowest BCUT2D eigenvalue weighted by Gasteiger charge is -2.47. The summed E-state index contributed by atoms with van der Waals surface area (Å²) in [5.74, 6) is -0.917. The highest BCUT2D eigenvalue weighted by molar-refractivity contribution is 6.35. The molecule has 2 aliphatic rings. The van der Waals surface area contributed by atoms with Gasteiger partial charge in [-0.15, -0.1) is 0 Å². The summed E-state index contributed by atoms with van der Waals surface area (Å²) in [6.07, 6.45) is 0. The van der Waals surface area contributed by atoms with Gasteiger partial charge in [0, 0.05) is 52.4 Å². The van der Waals surface area contributed by atoms with Crippen LogP contribution in [0.4, 0.5) is 0 Å². The fraction of sp³-hybridized carbons (Fsp3) is 0.818. The van der Waals surface area contributed by atoms with Crippen molar-refractivity contribution in [2.75, 3.05) is 53.4 Å². The molecule has 2 rings (SSSR count). The summed E-state index contributed by atoms with van der Waals surface area (Å²) in [5, 5.41) is 2.36. The molecule has 6 nitrogen and oxygen atoms in total. The number of rotatable bonds is 1. The van der Waals surface area contributed by atoms with Crippen LogP contribution >= 0.6 is 0 Å². The predicted octanol–water partition coefficient (Wildman–Crippen LogP) is -1.81. The number of likely N-dealkylation sites (N-methyl/N-ethyl adjacent to an activating group) is 2. The highest BCUT2D eigenvalue weighted by atomic mass is 16.2. The van der Waals surface area contributed by atoms with Crippen LogP contribution in [-0.2, 0) is 9.59 Å². The monoisotopic (exact) mass is 240 g/mol. The Morgan fingerprint density at radius 3 is 2.24 bits per heavy atom. The molecule has 0 unspecified atom stereocenters. The van der Waals surface area contributed by atoms with Crippen molar-refractivity contribution < 1.29 is 9.59 Å². The second kappa shape index (κ2) is 5.01. The van der Waals surface area contributed by atoms with Crippen molar-refractivity contribution >= 4 is 11.8 Å². The zero-order chi connectivity index (χ0) is 12.4. The van der Waals surface area contributed by atoms with Gasteiger partial charge in [-0.1, -0.05) is 0 Å². The molecule has 0 aromatic carbocycles. The summed E-state index contributed by atoms with van der Waals surface area (Å²) in [4.78, 5) is 29.0. The first-order valence-electron chi connectivity index (χ1n) is 6.05. The quantitative estimate of drug-likeness (QED) is 0.549. The largest absolute Gasteiger partial charge is 0.351 e. The summed E-state index contributed by atoms with van der Waals surface area (Å²) >= 11 is 0. The molecule has 96 valence electrons. The van der Waals surface area contributed by atoms with E-state index in [0.29, 0.717) is 19.1 Å². The maximum absolute atomic E-state index is 11.5. The van der Waals surface area contributed by atoms with E-state index in [2.05, 4.69) is 22.2 Å². The molecule has 0 bridgehead atoms. The molecule has 0 aromatic heterocycles. The number of nitrogens with zero attached hydrogens (tertiary/aromatic N) is 3. The van der Waals surface area contributed by atoms with Crippen LogP contribution in [0.25, 0.3) is 0 Å². The van der Waals surface area contributed by atoms with Gasteiger partial charge in [-0.3, -0.25) is 14.5 Å². The molecule has 1 N–H and O–H groups in total. The van der Waals surface area contributed by atoms with Gasteiger partial charge >= 0.3 is 11.8 Å². The number of amides is 2. The maximum atomic E-state index is 11.5. The van der Waals surface area contributed by atoms with Gasteiger partial charge in [-0.2, -0.15) is 0 Å². The smallest absolute Gasteiger partial charge is 0.311 e. The van der Waals surface area contributed by atoms with Gasteiger partial charge < -0.3 is 15.1 Å². The number of nitrogens with one attached hydrogen (secondary N) is 1. The van der Waals surface area contributed by atoms with Gasteiger partial charge in [0.15, 0.2) is 0 Å². The number of hydrogen-bond acceptors (Lipinski definition) is 4. The lowest BCUT2D eigenvalue weighted by Crippen LogP contribution is -2.65. The Labute approximate surface area is 102 Å². The van der Waals surface area contributed by atoms with E-state index in [1.54, 1.807) is 4.90 Å². The number of piperazine rings is 1. The van der Waals surface area contributed by atoms with Crippen molar-refractivity contribution in [1.29, 1.82) is 0 Å². The van der Waals surface area contributed by atoms with Crippen molar-refractivity contribution in [3.63, 3.8) is 0 Å². The molecule has 2 saturated heterocycles. The summed E-state index contributed by atoms with van der Waals surface area (Å²) in [5.41, 5.74) is 0. The van der Waals surface area contributed by atoms with Crippen LogP contribution in [0.5, 0.6) is 0 Å². The first kappa shape index (κ1) is 12.3. The Bertz CT molecular complexity index is 307. The highest BCUT2D eigenvalue weighted by Crippen LogP contribution is 2.16. The molecule has 17 heavy (non-hydrogen) atoms. The predicted molar refractivity (Wildman–Crippen MR) is 63.5 cm³/mol. The van der Waals surface area contributed by atoms with Crippen LogP contribution in [0, 0.1) is 0 Å². The molecule has 6 heteroatoms. The van der Waals surface area contributed by atoms with E-state index < -0.39 is 11.8 Å². The van der Waals surface area contributed by atoms with Gasteiger partial charge in [0.2, 0.25) is 0 Å². The average molecular weight is 240 g/mol. The van der Waals surface area contributed by atoms with E-state index in [-0.39, 0.29) is 0 Å². The standard InChI is InChI=1S/C11H20N4O2/c1-12-10(16)11(17)15-7-9(8-15)14-5-3-13(2)4-6-14/h9H,3-8H2,1-2H3,(H,12,16). The number of hydrogen-bond donors (Lipinski definition) is 1. The topological polar surface area (TPSA) is 55.9 Å². The van der Waals surface area contributed by atoms with Crippen LogP contribution in [0.15, 0.2) is 0 Å². The first-order chi connectivity index (χ1) is 8.11. The molecule has 2 heterocycles. The van der Waals surface area contributed by atoms with Crippen molar-refractivity contribution in [1.82, 2.24) is 20.0 Å². The fourth-order valence-electron chi connectivity index (χ4n) is 2.29. The van der Waals surface area contributed by atoms with Crippen molar-refractivity contribution in [2.45, 2.75) is 6.04 Å². The molecule has 0 radical (unpaired) electrons. The van der Waals surface area contributed by atoms with Crippen LogP contribution in [-0.4, -0.2) is 85.9 Å². The lowest BCUT2D eigenvalue weighted by atomic mass is 10.1. The third-order valence-corrected chi connectivity index (χ3v) is 3.63. The van der Waals surface area contributed by atoms with E-state index in [9.17, 15) is 9.59 Å². The van der Waals surface area contributed by atoms with E-state index >= 15 is 0 Å². The van der Waals surface area contributed by atoms with E-state index in [4.69, 9.17) is 0 Å². The van der Waals surface area contributed by atoms with Crippen LogP contribution in [0.1, 0.15) is 0 Å². The SMILES string of the molecule is CNC(=O)C(=O)N1CC(N2CCN(C)CC2)C1. The first-order valence-corrected chi connectivity index (χ1v) is 6.05. The van der Waals surface area contributed by atoms with Crippen molar-refractivity contribution in [3.05, 3.63) is 0 Å². The van der Waals surface area contributed by atoms with Crippen molar-refractivity contribution in [2.24, 2.45) is 0 Å². The van der Waals surface area contributed by atoms with E-state index in [1.807, 2.05) is 0 Å². The van der Waals surface area contributed by atoms with Gasteiger partial charge in [-0.05, 0) is 7.05 Å². The third-order valence-electron chi connectivity index (χ3n) is 3.63. The lowest BCUT2D eigenvalue weighted by molar-refractivity contribution is -0.150. The Balaban J connectivity index is 1.75. The second-order valence-corrected chi connectivity index (χ2v) is 4.78. The average Bonchev–Trinajstić information content (AvgIpc) is 2.28. The minimum Gasteiger partial charge on any atom is -0.351 e. The van der Waals surface area contributed by atoms with E-state index in [1.165, 1.54) is 7.05 Å². The number of likely N-dealkylation sites (tertiary alicyclic amines) is 1. The summed E-state index contributed by atoms with van der Waals surface area (Å²) < 4.78 is 0. The van der Waals surface area contributed by atoms with Crippen LogP contribution in [0.3, 0.4) is 0 Å². The number of carbonyl (C=O) groups is 2. The molecule has 0 saturated carbocycles. The molecule has 0 spiro atoms. The maximum Gasteiger partial charge on any atom is 0.311 e. The normalized spacial score (nSPS) is 23.3. The van der Waals surface area contributed by atoms with Gasteiger partial charge in [-0.25, -0.2) is 0 Å². The minimum atomic E-state index is -0.512. The summed E-state index contributed by atoms with van der Waals surface area (Å²) in [7, 11) is 3.61. The molecule has 2 amide bonds. The second-order valence-electron chi connectivity index (χ2n) is 4.78.